The lowest BCUT2D eigenvalue weighted by Crippen LogP contribution is -2.50. The molecule has 4 rings (SSSR count). The molecule has 0 atom stereocenters. The van der Waals surface area contributed by atoms with E-state index in [4.69, 9.17) is 4.74 Å². The Morgan fingerprint density at radius 3 is 2.23 bits per heavy atom. The topological polar surface area (TPSA) is 70.6 Å². The van der Waals surface area contributed by atoms with Crippen LogP contribution in [0.25, 0.3) is 11.3 Å². The van der Waals surface area contributed by atoms with Crippen molar-refractivity contribution in [3.63, 3.8) is 0 Å². The molecule has 0 spiro atoms. The molecule has 3 aromatic rings. The van der Waals surface area contributed by atoms with Crippen LogP contribution in [0.2, 0.25) is 0 Å². The van der Waals surface area contributed by atoms with E-state index in [1.807, 2.05) is 36.4 Å². The van der Waals surface area contributed by atoms with Gasteiger partial charge in [0.1, 0.15) is 11.6 Å². The van der Waals surface area contributed by atoms with E-state index in [1.54, 1.807) is 24.1 Å². The summed E-state index contributed by atoms with van der Waals surface area (Å²) in [4.78, 5) is 16.4. The van der Waals surface area contributed by atoms with Crippen molar-refractivity contribution in [1.29, 1.82) is 0 Å². The number of anilines is 2. The Balaban J connectivity index is 1.32. The molecular weight excluding hydrogens is 385 g/mol. The van der Waals surface area contributed by atoms with Crippen LogP contribution in [0.5, 0.6) is 5.75 Å². The largest absolute Gasteiger partial charge is 0.497 e. The van der Waals surface area contributed by atoms with E-state index in [9.17, 15) is 9.18 Å². The molecule has 0 saturated carbocycles. The van der Waals surface area contributed by atoms with Crippen molar-refractivity contribution in [2.75, 3.05) is 43.5 Å². The average Bonchev–Trinajstić information content (AvgIpc) is 2.80. The molecule has 0 unspecified atom stereocenters. The van der Waals surface area contributed by atoms with Gasteiger partial charge in [0.25, 0.3) is 0 Å². The van der Waals surface area contributed by atoms with Gasteiger partial charge in [0.15, 0.2) is 5.82 Å². The van der Waals surface area contributed by atoms with E-state index in [1.165, 1.54) is 12.1 Å². The summed E-state index contributed by atoms with van der Waals surface area (Å²) < 4.78 is 18.2. The van der Waals surface area contributed by atoms with Crippen molar-refractivity contribution in [3.05, 3.63) is 66.5 Å². The van der Waals surface area contributed by atoms with Crippen molar-refractivity contribution in [1.82, 2.24) is 15.1 Å². The van der Waals surface area contributed by atoms with Crippen molar-refractivity contribution in [3.8, 4) is 17.0 Å². The maximum Gasteiger partial charge on any atom is 0.321 e. The number of benzene rings is 2. The second-order valence-electron chi connectivity index (χ2n) is 6.92. The van der Waals surface area contributed by atoms with Crippen LogP contribution < -0.4 is 15.0 Å². The van der Waals surface area contributed by atoms with Gasteiger partial charge >= 0.3 is 6.03 Å². The van der Waals surface area contributed by atoms with Crippen molar-refractivity contribution in [2.24, 2.45) is 0 Å². The lowest BCUT2D eigenvalue weighted by Gasteiger charge is -2.35. The van der Waals surface area contributed by atoms with Crippen LogP contribution in [0.1, 0.15) is 0 Å². The Morgan fingerprint density at radius 2 is 1.63 bits per heavy atom. The van der Waals surface area contributed by atoms with Gasteiger partial charge in [-0.2, -0.15) is 0 Å². The van der Waals surface area contributed by atoms with Crippen molar-refractivity contribution in [2.45, 2.75) is 0 Å². The highest BCUT2D eigenvalue weighted by atomic mass is 19.1. The van der Waals surface area contributed by atoms with E-state index in [-0.39, 0.29) is 11.8 Å². The van der Waals surface area contributed by atoms with Crippen LogP contribution in [0.15, 0.2) is 60.7 Å². The minimum absolute atomic E-state index is 0.127. The highest BCUT2D eigenvalue weighted by molar-refractivity contribution is 5.89. The van der Waals surface area contributed by atoms with E-state index in [0.717, 1.165) is 22.8 Å². The number of aromatic nitrogens is 2. The fraction of sp³-hybridized carbons (Fsp3) is 0.227. The molecule has 1 fully saturated rings. The van der Waals surface area contributed by atoms with E-state index in [0.29, 0.717) is 31.9 Å². The normalized spacial score (nSPS) is 13.8. The summed E-state index contributed by atoms with van der Waals surface area (Å²) in [6.07, 6.45) is 0. The first-order valence-electron chi connectivity index (χ1n) is 9.67. The molecule has 0 radical (unpaired) electrons. The first kappa shape index (κ1) is 19.6. The fourth-order valence-electron chi connectivity index (χ4n) is 3.28. The summed E-state index contributed by atoms with van der Waals surface area (Å²) in [6, 6.07) is 17.1. The van der Waals surface area contributed by atoms with Crippen molar-refractivity contribution >= 4 is 17.5 Å². The van der Waals surface area contributed by atoms with Gasteiger partial charge in [0.05, 0.1) is 12.8 Å². The monoisotopic (exact) mass is 407 g/mol. The standard InChI is InChI=1S/C22H22FN5O2/c1-30-19-8-6-18(7-9-19)24-22(29)28-14-12-27(13-15-28)21-11-10-20(25-26-21)16-2-4-17(23)5-3-16/h2-11H,12-15H2,1H3,(H,24,29). The van der Waals surface area contributed by atoms with Gasteiger partial charge in [-0.3, -0.25) is 0 Å². The number of urea groups is 1. The predicted octanol–water partition coefficient (Wildman–Crippen LogP) is 3.65. The molecule has 1 N–H and O–H groups in total. The van der Waals surface area contributed by atoms with Crippen LogP contribution >= 0.6 is 0 Å². The van der Waals surface area contributed by atoms with Gasteiger partial charge in [-0.05, 0) is 60.7 Å². The molecule has 2 heterocycles. The molecule has 2 aromatic carbocycles. The van der Waals surface area contributed by atoms with E-state index in [2.05, 4.69) is 20.4 Å². The number of hydrogen-bond acceptors (Lipinski definition) is 5. The zero-order valence-electron chi connectivity index (χ0n) is 16.6. The van der Waals surface area contributed by atoms with Gasteiger partial charge in [0.2, 0.25) is 0 Å². The minimum Gasteiger partial charge on any atom is -0.497 e. The summed E-state index contributed by atoms with van der Waals surface area (Å²) >= 11 is 0. The number of methoxy groups -OCH3 is 1. The molecule has 0 bridgehead atoms. The number of halogens is 1. The zero-order valence-corrected chi connectivity index (χ0v) is 16.6. The zero-order chi connectivity index (χ0) is 20.9. The predicted molar refractivity (Wildman–Crippen MR) is 113 cm³/mol. The molecule has 30 heavy (non-hydrogen) atoms. The highest BCUT2D eigenvalue weighted by Gasteiger charge is 2.22. The maximum atomic E-state index is 13.1. The molecule has 1 saturated heterocycles. The summed E-state index contributed by atoms with van der Waals surface area (Å²) in [5.41, 5.74) is 2.23. The molecule has 1 aromatic heterocycles. The van der Waals surface area contributed by atoms with Crippen molar-refractivity contribution < 1.29 is 13.9 Å². The number of carbonyl (C=O) groups is 1. The number of carbonyl (C=O) groups excluding carboxylic acids is 1. The summed E-state index contributed by atoms with van der Waals surface area (Å²) in [5, 5.41) is 11.5. The molecule has 7 nitrogen and oxygen atoms in total. The van der Waals surface area contributed by atoms with Crippen LogP contribution in [0, 0.1) is 5.82 Å². The smallest absolute Gasteiger partial charge is 0.321 e. The number of hydrogen-bond donors (Lipinski definition) is 1. The lowest BCUT2D eigenvalue weighted by molar-refractivity contribution is 0.208. The Morgan fingerprint density at radius 1 is 0.933 bits per heavy atom. The first-order chi connectivity index (χ1) is 14.6. The summed E-state index contributed by atoms with van der Waals surface area (Å²) in [5.74, 6) is 1.22. The van der Waals surface area contributed by atoms with Crippen LogP contribution in [-0.2, 0) is 0 Å². The molecule has 1 aliphatic rings. The van der Waals surface area contributed by atoms with Gasteiger partial charge in [-0.15, -0.1) is 10.2 Å². The Bertz CT molecular complexity index is 986. The number of nitrogens with zero attached hydrogens (tertiary/aromatic N) is 4. The molecular formula is C22H22FN5O2. The fourth-order valence-corrected chi connectivity index (χ4v) is 3.28. The Hall–Kier alpha value is -3.68. The Kier molecular flexibility index (Phi) is 5.74. The number of amides is 2. The van der Waals surface area contributed by atoms with Crippen LogP contribution in [-0.4, -0.2) is 54.4 Å². The third-order valence-electron chi connectivity index (χ3n) is 5.02. The first-order valence-corrected chi connectivity index (χ1v) is 9.67. The number of rotatable bonds is 4. The SMILES string of the molecule is COc1ccc(NC(=O)N2CCN(c3ccc(-c4ccc(F)cc4)nn3)CC2)cc1. The maximum absolute atomic E-state index is 13.1. The lowest BCUT2D eigenvalue weighted by atomic mass is 10.1. The number of nitrogens with one attached hydrogen (secondary N) is 1. The van der Waals surface area contributed by atoms with E-state index >= 15 is 0 Å². The third-order valence-corrected chi connectivity index (χ3v) is 5.02. The molecule has 2 amide bonds. The molecule has 8 heteroatoms. The minimum atomic E-state index is -0.280. The van der Waals surface area contributed by atoms with Crippen LogP contribution in [0.4, 0.5) is 20.7 Å². The highest BCUT2D eigenvalue weighted by Crippen LogP contribution is 2.20. The molecule has 0 aliphatic carbocycles. The van der Waals surface area contributed by atoms with Crippen LogP contribution in [0.3, 0.4) is 0 Å². The Labute approximate surface area is 174 Å². The molecule has 1 aliphatic heterocycles. The third kappa shape index (κ3) is 4.48. The number of piperazine rings is 1. The molecule has 154 valence electrons. The summed E-state index contributed by atoms with van der Waals surface area (Å²) in [7, 11) is 1.60. The second kappa shape index (κ2) is 8.77. The van der Waals surface area contributed by atoms with Gasteiger partial charge < -0.3 is 19.9 Å². The average molecular weight is 407 g/mol. The number of ether oxygens (including phenoxy) is 1. The van der Waals surface area contributed by atoms with Gasteiger partial charge in [0, 0.05) is 37.4 Å². The van der Waals surface area contributed by atoms with E-state index < -0.39 is 0 Å². The summed E-state index contributed by atoms with van der Waals surface area (Å²) in [6.45, 7) is 2.51. The van der Waals surface area contributed by atoms with Gasteiger partial charge in [-0.1, -0.05) is 0 Å². The second-order valence-corrected chi connectivity index (χ2v) is 6.92. The quantitative estimate of drug-likeness (QED) is 0.715. The van der Waals surface area contributed by atoms with Gasteiger partial charge in [-0.25, -0.2) is 9.18 Å².